The van der Waals surface area contributed by atoms with E-state index in [0.29, 0.717) is 0 Å². The highest BCUT2D eigenvalue weighted by Crippen LogP contribution is 2.15. The fraction of sp³-hybridized carbons (Fsp3) is 0.500. The van der Waals surface area contributed by atoms with Gasteiger partial charge in [-0.05, 0) is 19.1 Å². The molecule has 1 aromatic rings. The molecule has 1 aromatic heterocycles. The summed E-state index contributed by atoms with van der Waals surface area (Å²) in [4.78, 5) is 6.51. The minimum absolute atomic E-state index is 0.835. The van der Waals surface area contributed by atoms with E-state index < -0.39 is 0 Å². The van der Waals surface area contributed by atoms with Crippen molar-refractivity contribution in [3.8, 4) is 0 Å². The van der Waals surface area contributed by atoms with E-state index in [2.05, 4.69) is 22.0 Å². The van der Waals surface area contributed by atoms with E-state index in [1.807, 2.05) is 13.1 Å². The van der Waals surface area contributed by atoms with Crippen LogP contribution < -0.4 is 4.90 Å². The maximum absolute atomic E-state index is 5.29. The quantitative estimate of drug-likeness (QED) is 0.646. The Bertz CT molecular complexity index is 282. The third-order valence-corrected chi connectivity index (χ3v) is 2.26. The molecule has 0 radical (unpaired) electrons. The van der Waals surface area contributed by atoms with Crippen LogP contribution in [0.1, 0.15) is 5.69 Å². The number of ether oxygens (including phenoxy) is 1. The van der Waals surface area contributed by atoms with E-state index in [9.17, 15) is 0 Å². The minimum atomic E-state index is 0.835. The van der Waals surface area contributed by atoms with Crippen LogP contribution in [0.2, 0.25) is 0 Å². The highest BCUT2D eigenvalue weighted by Gasteiger charge is 2.10. The van der Waals surface area contributed by atoms with Crippen LogP contribution in [-0.2, 0) is 4.74 Å². The monoisotopic (exact) mass is 178 g/mol. The van der Waals surface area contributed by atoms with Gasteiger partial charge in [-0.25, -0.2) is 0 Å². The summed E-state index contributed by atoms with van der Waals surface area (Å²) in [5, 5.41) is 0. The molecule has 0 bridgehead atoms. The molecule has 1 aliphatic heterocycles. The Morgan fingerprint density at radius 1 is 1.38 bits per heavy atom. The zero-order valence-corrected chi connectivity index (χ0v) is 7.86. The van der Waals surface area contributed by atoms with Gasteiger partial charge in [-0.1, -0.05) is 0 Å². The van der Waals surface area contributed by atoms with Crippen molar-refractivity contribution in [2.24, 2.45) is 0 Å². The van der Waals surface area contributed by atoms with Crippen LogP contribution in [0.5, 0.6) is 0 Å². The lowest BCUT2D eigenvalue weighted by Gasteiger charge is -2.28. The normalized spacial score (nSPS) is 17.5. The number of morpholine rings is 1. The molecule has 0 saturated carbocycles. The van der Waals surface area contributed by atoms with Crippen molar-refractivity contribution in [3.05, 3.63) is 24.0 Å². The number of pyridine rings is 1. The summed E-state index contributed by atoms with van der Waals surface area (Å²) in [6, 6.07) is 4.17. The Labute approximate surface area is 78.3 Å². The van der Waals surface area contributed by atoms with E-state index in [4.69, 9.17) is 4.74 Å². The maximum atomic E-state index is 5.29. The fourth-order valence-corrected chi connectivity index (χ4v) is 1.55. The zero-order chi connectivity index (χ0) is 9.10. The summed E-state index contributed by atoms with van der Waals surface area (Å²) in [6.07, 6.45) is 1.86. The van der Waals surface area contributed by atoms with Gasteiger partial charge in [0.05, 0.1) is 13.2 Å². The number of anilines is 1. The Morgan fingerprint density at radius 3 is 2.85 bits per heavy atom. The molecule has 0 spiro atoms. The highest BCUT2D eigenvalue weighted by atomic mass is 16.5. The first kappa shape index (κ1) is 8.51. The van der Waals surface area contributed by atoms with Crippen LogP contribution in [0.15, 0.2) is 18.3 Å². The second-order valence-corrected chi connectivity index (χ2v) is 3.25. The van der Waals surface area contributed by atoms with Crippen molar-refractivity contribution >= 4 is 5.69 Å². The number of aromatic nitrogens is 1. The molecule has 0 aliphatic carbocycles. The number of aryl methyl sites for hydroxylation is 1. The van der Waals surface area contributed by atoms with E-state index >= 15 is 0 Å². The van der Waals surface area contributed by atoms with Crippen molar-refractivity contribution in [2.75, 3.05) is 31.2 Å². The van der Waals surface area contributed by atoms with Crippen LogP contribution in [0.25, 0.3) is 0 Å². The summed E-state index contributed by atoms with van der Waals surface area (Å²) >= 11 is 0. The second kappa shape index (κ2) is 3.75. The molecule has 70 valence electrons. The Hall–Kier alpha value is -1.09. The van der Waals surface area contributed by atoms with E-state index in [0.717, 1.165) is 32.0 Å². The summed E-state index contributed by atoms with van der Waals surface area (Å²) in [5.74, 6) is 0. The SMILES string of the molecule is Cc1cc(N2CCOCC2)ccn1. The first-order valence-electron chi connectivity index (χ1n) is 4.61. The lowest BCUT2D eigenvalue weighted by molar-refractivity contribution is 0.122. The predicted molar refractivity (Wildman–Crippen MR) is 52.0 cm³/mol. The van der Waals surface area contributed by atoms with E-state index in [-0.39, 0.29) is 0 Å². The van der Waals surface area contributed by atoms with Crippen molar-refractivity contribution in [3.63, 3.8) is 0 Å². The molecule has 0 atom stereocenters. The fourth-order valence-electron chi connectivity index (χ4n) is 1.55. The van der Waals surface area contributed by atoms with Crippen molar-refractivity contribution in [1.29, 1.82) is 0 Å². The van der Waals surface area contributed by atoms with Crippen molar-refractivity contribution in [2.45, 2.75) is 6.92 Å². The zero-order valence-electron chi connectivity index (χ0n) is 7.86. The first-order chi connectivity index (χ1) is 6.36. The Balaban J connectivity index is 2.14. The van der Waals surface area contributed by atoms with Gasteiger partial charge in [-0.15, -0.1) is 0 Å². The average molecular weight is 178 g/mol. The van der Waals surface area contributed by atoms with Gasteiger partial charge in [-0.2, -0.15) is 0 Å². The molecule has 0 N–H and O–H groups in total. The largest absolute Gasteiger partial charge is 0.378 e. The molecule has 2 heterocycles. The van der Waals surface area contributed by atoms with Gasteiger partial charge in [0.15, 0.2) is 0 Å². The van der Waals surface area contributed by atoms with Gasteiger partial charge in [0.1, 0.15) is 0 Å². The third kappa shape index (κ3) is 1.98. The molecule has 1 saturated heterocycles. The molecule has 0 aromatic carbocycles. The first-order valence-corrected chi connectivity index (χ1v) is 4.61. The molecule has 2 rings (SSSR count). The van der Waals surface area contributed by atoms with Crippen LogP contribution in [0.4, 0.5) is 5.69 Å². The summed E-state index contributed by atoms with van der Waals surface area (Å²) < 4.78 is 5.29. The van der Waals surface area contributed by atoms with Crippen LogP contribution in [-0.4, -0.2) is 31.3 Å². The Kier molecular flexibility index (Phi) is 2.45. The van der Waals surface area contributed by atoms with E-state index in [1.165, 1.54) is 5.69 Å². The molecule has 13 heavy (non-hydrogen) atoms. The summed E-state index contributed by atoms with van der Waals surface area (Å²) in [7, 11) is 0. The number of hydrogen-bond acceptors (Lipinski definition) is 3. The van der Waals surface area contributed by atoms with Gasteiger partial charge in [0.25, 0.3) is 0 Å². The average Bonchev–Trinajstić information content (AvgIpc) is 2.19. The Morgan fingerprint density at radius 2 is 2.15 bits per heavy atom. The van der Waals surface area contributed by atoms with Gasteiger partial charge < -0.3 is 9.64 Å². The van der Waals surface area contributed by atoms with Crippen LogP contribution >= 0.6 is 0 Å². The minimum Gasteiger partial charge on any atom is -0.378 e. The van der Waals surface area contributed by atoms with Crippen LogP contribution in [0.3, 0.4) is 0 Å². The lowest BCUT2D eigenvalue weighted by atomic mass is 10.3. The second-order valence-electron chi connectivity index (χ2n) is 3.25. The van der Waals surface area contributed by atoms with Crippen molar-refractivity contribution < 1.29 is 4.74 Å². The molecule has 0 unspecified atom stereocenters. The predicted octanol–water partition coefficient (Wildman–Crippen LogP) is 1.23. The highest BCUT2D eigenvalue weighted by molar-refractivity contribution is 5.46. The smallest absolute Gasteiger partial charge is 0.0642 e. The number of nitrogens with zero attached hydrogens (tertiary/aromatic N) is 2. The summed E-state index contributed by atoms with van der Waals surface area (Å²) in [6.45, 7) is 5.67. The molecule has 0 amide bonds. The standard InChI is InChI=1S/C10H14N2O/c1-9-8-10(2-3-11-9)12-4-6-13-7-5-12/h2-3,8H,4-7H2,1H3. The van der Waals surface area contributed by atoms with Gasteiger partial charge >= 0.3 is 0 Å². The number of hydrogen-bond donors (Lipinski definition) is 0. The number of rotatable bonds is 1. The molecule has 1 fully saturated rings. The maximum Gasteiger partial charge on any atom is 0.0642 e. The molecule has 3 heteroatoms. The van der Waals surface area contributed by atoms with Gasteiger partial charge in [-0.3, -0.25) is 4.98 Å². The third-order valence-electron chi connectivity index (χ3n) is 2.26. The lowest BCUT2D eigenvalue weighted by Crippen LogP contribution is -2.36. The molecular weight excluding hydrogens is 164 g/mol. The molecule has 1 aliphatic rings. The van der Waals surface area contributed by atoms with Crippen LogP contribution in [0, 0.1) is 6.92 Å². The van der Waals surface area contributed by atoms with E-state index in [1.54, 1.807) is 0 Å². The molecule has 3 nitrogen and oxygen atoms in total. The van der Waals surface area contributed by atoms with Gasteiger partial charge in [0.2, 0.25) is 0 Å². The van der Waals surface area contributed by atoms with Crippen molar-refractivity contribution in [1.82, 2.24) is 4.98 Å². The van der Waals surface area contributed by atoms with Gasteiger partial charge in [0, 0.05) is 30.7 Å². The molecular formula is C10H14N2O. The summed E-state index contributed by atoms with van der Waals surface area (Å²) in [5.41, 5.74) is 2.33. The topological polar surface area (TPSA) is 25.4 Å².